The van der Waals surface area contributed by atoms with E-state index in [1.165, 1.54) is 6.92 Å². The maximum atomic E-state index is 12.2. The van der Waals surface area contributed by atoms with E-state index in [0.717, 1.165) is 5.56 Å². The van der Waals surface area contributed by atoms with Gasteiger partial charge in [-0.05, 0) is 24.6 Å². The Balaban J connectivity index is 1.60. The molecule has 0 fully saturated rings. The van der Waals surface area contributed by atoms with Gasteiger partial charge in [0.15, 0.2) is 6.10 Å². The van der Waals surface area contributed by atoms with Crippen LogP contribution < -0.4 is 10.9 Å². The quantitative estimate of drug-likeness (QED) is 0.620. The molecule has 7 nitrogen and oxygen atoms in total. The van der Waals surface area contributed by atoms with Crippen LogP contribution in [-0.2, 0) is 27.3 Å². The van der Waals surface area contributed by atoms with Crippen molar-refractivity contribution in [2.45, 2.75) is 26.0 Å². The molecular weight excluding hydrogens is 382 g/mol. The molecule has 1 aromatic heterocycles. The highest BCUT2D eigenvalue weighted by Gasteiger charge is 2.19. The summed E-state index contributed by atoms with van der Waals surface area (Å²) in [5.41, 5.74) is 0.809. The van der Waals surface area contributed by atoms with E-state index in [1.54, 1.807) is 42.5 Å². The second-order valence-corrected chi connectivity index (χ2v) is 6.57. The molecule has 144 valence electrons. The van der Waals surface area contributed by atoms with Crippen molar-refractivity contribution in [2.75, 3.05) is 0 Å². The molecule has 1 atom stereocenters. The number of halogens is 1. The molecule has 1 heterocycles. The van der Waals surface area contributed by atoms with Crippen molar-refractivity contribution >= 4 is 34.2 Å². The highest BCUT2D eigenvalue weighted by molar-refractivity contribution is 6.31. The minimum absolute atomic E-state index is 0.167. The van der Waals surface area contributed by atoms with Gasteiger partial charge in [0.1, 0.15) is 0 Å². The average Bonchev–Trinajstić information content (AvgIpc) is 2.69. The minimum Gasteiger partial charge on any atom is -0.452 e. The van der Waals surface area contributed by atoms with Crippen molar-refractivity contribution in [2.24, 2.45) is 0 Å². The summed E-state index contributed by atoms with van der Waals surface area (Å²) in [6, 6.07) is 14.0. The van der Waals surface area contributed by atoms with Crippen LogP contribution in [0, 0.1) is 0 Å². The fraction of sp³-hybridized carbons (Fsp3) is 0.200. The lowest BCUT2D eigenvalue weighted by molar-refractivity contribution is -0.154. The second-order valence-electron chi connectivity index (χ2n) is 6.16. The Bertz CT molecular complexity index is 1080. The summed E-state index contributed by atoms with van der Waals surface area (Å²) in [6.45, 7) is 1.71. The van der Waals surface area contributed by atoms with Gasteiger partial charge in [0.25, 0.3) is 11.5 Å². The first-order valence-corrected chi connectivity index (χ1v) is 9.00. The van der Waals surface area contributed by atoms with E-state index in [1.807, 2.05) is 6.07 Å². The van der Waals surface area contributed by atoms with Gasteiger partial charge in [-0.2, -0.15) is 5.10 Å². The van der Waals surface area contributed by atoms with Crippen molar-refractivity contribution in [1.82, 2.24) is 15.5 Å². The predicted octanol–water partition coefficient (Wildman–Crippen LogP) is 2.37. The summed E-state index contributed by atoms with van der Waals surface area (Å²) in [5.74, 6) is -1.06. The lowest BCUT2D eigenvalue weighted by Crippen LogP contribution is -2.35. The molecule has 8 heteroatoms. The number of aromatic nitrogens is 2. The number of carbonyl (C=O) groups excluding carboxylic acids is 2. The minimum atomic E-state index is -0.982. The molecule has 2 aromatic carbocycles. The molecule has 0 bridgehead atoms. The van der Waals surface area contributed by atoms with E-state index >= 15 is 0 Å². The van der Waals surface area contributed by atoms with Crippen LogP contribution in [0.2, 0.25) is 5.02 Å². The molecule has 3 rings (SSSR count). The normalized spacial score (nSPS) is 11.8. The molecule has 0 saturated carbocycles. The van der Waals surface area contributed by atoms with E-state index in [4.69, 9.17) is 16.3 Å². The maximum absolute atomic E-state index is 12.2. The van der Waals surface area contributed by atoms with Gasteiger partial charge in [0, 0.05) is 17.0 Å². The molecule has 3 aromatic rings. The van der Waals surface area contributed by atoms with Gasteiger partial charge >= 0.3 is 5.97 Å². The average molecular weight is 400 g/mol. The Morgan fingerprint density at radius 3 is 2.57 bits per heavy atom. The first-order chi connectivity index (χ1) is 13.5. The number of hydrogen-bond donors (Lipinski definition) is 2. The van der Waals surface area contributed by atoms with E-state index in [0.29, 0.717) is 21.5 Å². The number of nitrogens with zero attached hydrogens (tertiary/aromatic N) is 1. The number of ether oxygens (including phenoxy) is 1. The molecule has 0 aliphatic carbocycles. The SMILES string of the molecule is C[C@@H](OC(=O)Cc1n[nH]c(=O)c2ccccc12)C(=O)NCc1ccccc1Cl. The summed E-state index contributed by atoms with van der Waals surface area (Å²) in [4.78, 5) is 36.2. The Morgan fingerprint density at radius 1 is 1.14 bits per heavy atom. The third kappa shape index (κ3) is 4.55. The second kappa shape index (κ2) is 8.67. The Hall–Kier alpha value is -3.19. The van der Waals surface area contributed by atoms with Gasteiger partial charge in [0.2, 0.25) is 0 Å². The number of aromatic amines is 1. The first kappa shape index (κ1) is 19.6. The zero-order chi connectivity index (χ0) is 20.1. The number of benzene rings is 2. The fourth-order valence-corrected chi connectivity index (χ4v) is 2.91. The third-order valence-corrected chi connectivity index (χ3v) is 4.54. The molecule has 1 amide bonds. The van der Waals surface area contributed by atoms with E-state index in [2.05, 4.69) is 15.5 Å². The van der Waals surface area contributed by atoms with Crippen LogP contribution in [0.1, 0.15) is 18.2 Å². The topological polar surface area (TPSA) is 101 Å². The van der Waals surface area contributed by atoms with Gasteiger partial charge < -0.3 is 10.1 Å². The van der Waals surface area contributed by atoms with Gasteiger partial charge in [-0.25, -0.2) is 5.10 Å². The summed E-state index contributed by atoms with van der Waals surface area (Å²) in [7, 11) is 0. The van der Waals surface area contributed by atoms with Crippen LogP contribution in [0.15, 0.2) is 53.3 Å². The number of carbonyl (C=O) groups is 2. The highest BCUT2D eigenvalue weighted by Crippen LogP contribution is 2.15. The molecule has 28 heavy (non-hydrogen) atoms. The molecule has 0 saturated heterocycles. The monoisotopic (exact) mass is 399 g/mol. The molecular formula is C20H18ClN3O4. The molecule has 0 unspecified atom stereocenters. The smallest absolute Gasteiger partial charge is 0.312 e. The van der Waals surface area contributed by atoms with Crippen molar-refractivity contribution < 1.29 is 14.3 Å². The number of rotatable bonds is 6. The molecule has 0 radical (unpaired) electrons. The van der Waals surface area contributed by atoms with Crippen molar-refractivity contribution in [3.63, 3.8) is 0 Å². The summed E-state index contributed by atoms with van der Waals surface area (Å²) >= 11 is 6.05. The van der Waals surface area contributed by atoms with E-state index in [-0.39, 0.29) is 18.5 Å². The van der Waals surface area contributed by atoms with Gasteiger partial charge in [-0.1, -0.05) is 48.0 Å². The zero-order valence-corrected chi connectivity index (χ0v) is 15.8. The zero-order valence-electron chi connectivity index (χ0n) is 15.1. The number of H-pyrrole nitrogens is 1. The van der Waals surface area contributed by atoms with Crippen molar-refractivity contribution in [1.29, 1.82) is 0 Å². The third-order valence-electron chi connectivity index (χ3n) is 4.18. The Labute approximate surface area is 165 Å². The number of esters is 1. The Kier molecular flexibility index (Phi) is 6.06. The van der Waals surface area contributed by atoms with Gasteiger partial charge in [-0.15, -0.1) is 0 Å². The number of amides is 1. The van der Waals surface area contributed by atoms with Crippen LogP contribution in [0.4, 0.5) is 0 Å². The largest absolute Gasteiger partial charge is 0.452 e. The number of hydrogen-bond acceptors (Lipinski definition) is 5. The molecule has 0 aliphatic rings. The highest BCUT2D eigenvalue weighted by atomic mass is 35.5. The summed E-state index contributed by atoms with van der Waals surface area (Å²) in [6.07, 6.45) is -1.15. The lowest BCUT2D eigenvalue weighted by Gasteiger charge is -2.14. The van der Waals surface area contributed by atoms with Crippen LogP contribution in [0.25, 0.3) is 10.8 Å². The first-order valence-electron chi connectivity index (χ1n) is 8.62. The number of fused-ring (bicyclic) bond motifs is 1. The van der Waals surface area contributed by atoms with Crippen molar-refractivity contribution in [3.05, 3.63) is 75.2 Å². The van der Waals surface area contributed by atoms with Crippen LogP contribution in [0.3, 0.4) is 0 Å². The van der Waals surface area contributed by atoms with Crippen LogP contribution in [0.5, 0.6) is 0 Å². The summed E-state index contributed by atoms with van der Waals surface area (Å²) in [5, 5.41) is 10.5. The molecule has 2 N–H and O–H groups in total. The summed E-state index contributed by atoms with van der Waals surface area (Å²) < 4.78 is 5.20. The van der Waals surface area contributed by atoms with Crippen LogP contribution >= 0.6 is 11.6 Å². The predicted molar refractivity (Wildman–Crippen MR) is 105 cm³/mol. The van der Waals surface area contributed by atoms with Gasteiger partial charge in [0.05, 0.1) is 17.5 Å². The van der Waals surface area contributed by atoms with Crippen molar-refractivity contribution in [3.8, 4) is 0 Å². The number of nitrogens with one attached hydrogen (secondary N) is 2. The van der Waals surface area contributed by atoms with Crippen LogP contribution in [-0.4, -0.2) is 28.2 Å². The standard InChI is InChI=1S/C20H18ClN3O4/c1-12(19(26)22-11-13-6-2-5-9-16(13)21)28-18(25)10-17-14-7-3-4-8-15(14)20(27)24-23-17/h2-9,12H,10-11H2,1H3,(H,22,26)(H,24,27)/t12-/m1/s1. The Morgan fingerprint density at radius 2 is 1.82 bits per heavy atom. The van der Waals surface area contributed by atoms with Gasteiger partial charge in [-0.3, -0.25) is 14.4 Å². The molecule has 0 spiro atoms. The lowest BCUT2D eigenvalue weighted by atomic mass is 10.1. The fourth-order valence-electron chi connectivity index (χ4n) is 2.70. The molecule has 0 aliphatic heterocycles. The van der Waals surface area contributed by atoms with E-state index in [9.17, 15) is 14.4 Å². The van der Waals surface area contributed by atoms with E-state index < -0.39 is 18.0 Å². The maximum Gasteiger partial charge on any atom is 0.312 e.